The first-order valence-corrected chi connectivity index (χ1v) is 12.4. The number of amides is 1. The minimum absolute atomic E-state index is 0.0853. The van der Waals surface area contributed by atoms with E-state index in [9.17, 15) is 9.59 Å². The van der Waals surface area contributed by atoms with Crippen molar-refractivity contribution in [1.29, 1.82) is 0 Å². The number of hydrogen-bond donors (Lipinski definition) is 1. The van der Waals surface area contributed by atoms with Crippen molar-refractivity contribution in [1.82, 2.24) is 10.2 Å². The molecule has 1 N–H and O–H groups in total. The van der Waals surface area contributed by atoms with Crippen molar-refractivity contribution in [3.05, 3.63) is 94.2 Å². The lowest BCUT2D eigenvalue weighted by molar-refractivity contribution is -0.128. The third-order valence-electron chi connectivity index (χ3n) is 6.79. The zero-order chi connectivity index (χ0) is 25.2. The number of ketones is 1. The van der Waals surface area contributed by atoms with Crippen molar-refractivity contribution < 1.29 is 14.3 Å². The van der Waals surface area contributed by atoms with Crippen molar-refractivity contribution in [2.24, 2.45) is 5.41 Å². The van der Waals surface area contributed by atoms with Gasteiger partial charge in [0, 0.05) is 24.6 Å². The number of Topliss-reactive ketones (excluding diaryl/α,β-unsaturated/α-hetero) is 1. The molecule has 1 aliphatic heterocycles. The van der Waals surface area contributed by atoms with E-state index in [1.165, 1.54) is 0 Å². The average Bonchev–Trinajstić information content (AvgIpc) is 2.95. The van der Waals surface area contributed by atoms with Gasteiger partial charge in [-0.2, -0.15) is 0 Å². The van der Waals surface area contributed by atoms with Gasteiger partial charge in [-0.3, -0.25) is 14.5 Å². The predicted octanol–water partition coefficient (Wildman–Crippen LogP) is 6.08. The Morgan fingerprint density at radius 3 is 2.54 bits per heavy atom. The largest absolute Gasteiger partial charge is 0.494 e. The van der Waals surface area contributed by atoms with E-state index in [1.54, 1.807) is 11.8 Å². The van der Waals surface area contributed by atoms with Gasteiger partial charge in [-0.25, -0.2) is 0 Å². The van der Waals surface area contributed by atoms with E-state index in [2.05, 4.69) is 31.3 Å². The van der Waals surface area contributed by atoms with Gasteiger partial charge < -0.3 is 10.1 Å². The Hall–Kier alpha value is -3.34. The Labute approximate surface area is 208 Å². The number of hydrogen-bond acceptors (Lipinski definition) is 4. The highest BCUT2D eigenvalue weighted by molar-refractivity contribution is 6.00. The smallest absolute Gasteiger partial charge is 0.224 e. The first-order valence-electron chi connectivity index (χ1n) is 12.4. The van der Waals surface area contributed by atoms with E-state index in [4.69, 9.17) is 4.74 Å². The summed E-state index contributed by atoms with van der Waals surface area (Å²) in [7, 11) is 0. The monoisotopic (exact) mass is 472 g/mol. The van der Waals surface area contributed by atoms with Gasteiger partial charge in [0.15, 0.2) is 5.78 Å². The van der Waals surface area contributed by atoms with Gasteiger partial charge in [-0.1, -0.05) is 62.4 Å². The molecule has 1 aromatic carbocycles. The Bertz CT molecular complexity index is 1170. The zero-order valence-electron chi connectivity index (χ0n) is 21.5. The maximum absolute atomic E-state index is 13.6. The topological polar surface area (TPSA) is 58.6 Å². The lowest BCUT2D eigenvalue weighted by Crippen LogP contribution is -2.43. The van der Waals surface area contributed by atoms with Crippen LogP contribution in [0.5, 0.6) is 0 Å². The molecule has 2 aliphatic carbocycles. The van der Waals surface area contributed by atoms with Crippen LogP contribution in [0.2, 0.25) is 0 Å². The molecule has 4 rings (SSSR count). The van der Waals surface area contributed by atoms with Crippen LogP contribution in [-0.4, -0.2) is 22.6 Å². The number of nitrogens with zero attached hydrogens (tertiary/aromatic N) is 1. The fourth-order valence-corrected chi connectivity index (χ4v) is 5.23. The summed E-state index contributed by atoms with van der Waals surface area (Å²) in [6, 6.07) is 9.52. The molecule has 1 heterocycles. The van der Waals surface area contributed by atoms with Crippen molar-refractivity contribution in [3.8, 4) is 0 Å². The summed E-state index contributed by atoms with van der Waals surface area (Å²) in [6.07, 6.45) is 11.2. The first kappa shape index (κ1) is 24.8. The quantitative estimate of drug-likeness (QED) is 0.417. The maximum atomic E-state index is 13.6. The summed E-state index contributed by atoms with van der Waals surface area (Å²) in [6.45, 7) is 10.2. The van der Waals surface area contributed by atoms with Crippen LogP contribution in [0, 0.1) is 5.41 Å². The molecule has 5 nitrogen and oxygen atoms in total. The molecule has 0 fully saturated rings. The maximum Gasteiger partial charge on any atom is 0.224 e. The van der Waals surface area contributed by atoms with Gasteiger partial charge in [0.1, 0.15) is 6.61 Å². The fourth-order valence-electron chi connectivity index (χ4n) is 5.23. The number of rotatable bonds is 5. The van der Waals surface area contributed by atoms with E-state index in [0.29, 0.717) is 18.6 Å². The summed E-state index contributed by atoms with van der Waals surface area (Å²) in [5.74, 6) is 0.745. The van der Waals surface area contributed by atoms with Gasteiger partial charge in [0.2, 0.25) is 5.91 Å². The van der Waals surface area contributed by atoms with Gasteiger partial charge >= 0.3 is 0 Å². The van der Waals surface area contributed by atoms with Crippen molar-refractivity contribution >= 4 is 11.7 Å². The SMILES string of the molecule is C/C=C(\C=C(/C)OCc1ccccc1)C1C2=C(CC(C)(C)CC2=O)NC2=CCCC=C2N1C(C)=O. The summed E-state index contributed by atoms with van der Waals surface area (Å²) in [4.78, 5) is 28.6. The molecule has 3 aliphatic rings. The molecule has 0 radical (unpaired) electrons. The van der Waals surface area contributed by atoms with Crippen LogP contribution in [0.15, 0.2) is 88.6 Å². The van der Waals surface area contributed by atoms with Crippen LogP contribution >= 0.6 is 0 Å². The Kier molecular flexibility index (Phi) is 7.15. The van der Waals surface area contributed by atoms with Crippen LogP contribution in [0.4, 0.5) is 0 Å². The van der Waals surface area contributed by atoms with Gasteiger partial charge in [-0.05, 0) is 55.7 Å². The number of fused-ring (bicyclic) bond motifs is 1. The Morgan fingerprint density at radius 2 is 1.86 bits per heavy atom. The van der Waals surface area contributed by atoms with Crippen LogP contribution in [0.3, 0.4) is 0 Å². The zero-order valence-corrected chi connectivity index (χ0v) is 21.5. The lowest BCUT2D eigenvalue weighted by atomic mass is 9.73. The molecule has 35 heavy (non-hydrogen) atoms. The summed E-state index contributed by atoms with van der Waals surface area (Å²) < 4.78 is 6.05. The lowest BCUT2D eigenvalue weighted by Gasteiger charge is -2.37. The third kappa shape index (κ3) is 5.34. The van der Waals surface area contributed by atoms with E-state index in [1.807, 2.05) is 56.3 Å². The van der Waals surface area contributed by atoms with Crippen molar-refractivity contribution in [2.75, 3.05) is 0 Å². The summed E-state index contributed by atoms with van der Waals surface area (Å²) in [5.41, 5.74) is 5.21. The Morgan fingerprint density at radius 1 is 1.14 bits per heavy atom. The number of nitrogens with one attached hydrogen (secondary N) is 1. The normalized spacial score (nSPS) is 22.4. The van der Waals surface area contributed by atoms with Crippen LogP contribution in [0.1, 0.15) is 65.9 Å². The molecule has 5 heteroatoms. The number of allylic oxidation sites excluding steroid dienone is 5. The highest BCUT2D eigenvalue weighted by Gasteiger charge is 2.43. The molecule has 1 unspecified atom stereocenters. The molecule has 0 aromatic heterocycles. The summed E-state index contributed by atoms with van der Waals surface area (Å²) in [5, 5.41) is 3.58. The predicted molar refractivity (Wildman–Crippen MR) is 139 cm³/mol. The minimum atomic E-state index is -0.505. The highest BCUT2D eigenvalue weighted by atomic mass is 16.5. The Balaban J connectivity index is 1.78. The van der Waals surface area contributed by atoms with Gasteiger partial charge in [0.05, 0.1) is 23.2 Å². The number of carbonyl (C=O) groups excluding carboxylic acids is 2. The molecule has 0 bridgehead atoms. The number of benzene rings is 1. The first-order chi connectivity index (χ1) is 16.7. The molecule has 1 amide bonds. The average molecular weight is 473 g/mol. The number of carbonyl (C=O) groups is 2. The van der Waals surface area contributed by atoms with Crippen LogP contribution in [-0.2, 0) is 20.9 Å². The molecule has 0 spiro atoms. The second-order valence-corrected chi connectivity index (χ2v) is 10.4. The molecular formula is C30H36N2O3. The standard InChI is InChI=1S/C30H36N2O3/c1-6-23(16-20(2)35-19-22-12-8-7-9-13-22)29-28-25(17-30(4,5)18-27(28)34)31-24-14-10-11-15-26(24)32(29)21(3)33/h6-9,12-16,29,31H,10-11,17-19H2,1-5H3/b20-16+,23-6+. The van der Waals surface area contributed by atoms with E-state index >= 15 is 0 Å². The second-order valence-electron chi connectivity index (χ2n) is 10.4. The van der Waals surface area contributed by atoms with Crippen molar-refractivity contribution in [3.63, 3.8) is 0 Å². The highest BCUT2D eigenvalue weighted by Crippen LogP contribution is 2.43. The molecule has 0 saturated carbocycles. The van der Waals surface area contributed by atoms with Gasteiger partial charge in [0.25, 0.3) is 0 Å². The second kappa shape index (κ2) is 10.1. The third-order valence-corrected chi connectivity index (χ3v) is 6.79. The fraction of sp³-hybridized carbons (Fsp3) is 0.400. The molecular weight excluding hydrogens is 436 g/mol. The molecule has 1 atom stereocenters. The van der Waals surface area contributed by atoms with Crippen molar-refractivity contribution in [2.45, 2.75) is 73.0 Å². The summed E-state index contributed by atoms with van der Waals surface area (Å²) >= 11 is 0. The van der Waals surface area contributed by atoms with E-state index < -0.39 is 6.04 Å². The number of ether oxygens (including phenoxy) is 1. The molecule has 0 saturated heterocycles. The van der Waals surface area contributed by atoms with Crippen LogP contribution < -0.4 is 5.32 Å². The molecule has 1 aromatic rings. The van der Waals surface area contributed by atoms with Crippen LogP contribution in [0.25, 0.3) is 0 Å². The minimum Gasteiger partial charge on any atom is -0.494 e. The molecule has 184 valence electrons. The van der Waals surface area contributed by atoms with E-state index in [-0.39, 0.29) is 17.1 Å². The van der Waals surface area contributed by atoms with E-state index in [0.717, 1.165) is 53.2 Å². The van der Waals surface area contributed by atoms with Gasteiger partial charge in [-0.15, -0.1) is 0 Å².